The summed E-state index contributed by atoms with van der Waals surface area (Å²) in [6, 6.07) is 7.42. The second-order valence-corrected chi connectivity index (χ2v) is 6.62. The van der Waals surface area contributed by atoms with Crippen molar-refractivity contribution < 1.29 is 14.3 Å². The molecule has 0 radical (unpaired) electrons. The van der Waals surface area contributed by atoms with Gasteiger partial charge in [0.15, 0.2) is 11.9 Å². The Kier molecular flexibility index (Phi) is 8.75. The Morgan fingerprint density at radius 2 is 1.67 bits per heavy atom. The maximum atomic E-state index is 11.6. The Hall–Kier alpha value is -2.43. The summed E-state index contributed by atoms with van der Waals surface area (Å²) in [5.74, 6) is 0.938. The number of ether oxygens (including phenoxy) is 2. The molecule has 5 nitrogen and oxygen atoms in total. The van der Waals surface area contributed by atoms with Crippen molar-refractivity contribution in [3.63, 3.8) is 0 Å². The molecule has 2 aromatic rings. The zero-order valence-corrected chi connectivity index (χ0v) is 16.6. The van der Waals surface area contributed by atoms with Crippen LogP contribution in [0.25, 0.3) is 11.4 Å². The van der Waals surface area contributed by atoms with E-state index >= 15 is 0 Å². The zero-order valence-electron chi connectivity index (χ0n) is 16.6. The molecule has 0 aliphatic heterocycles. The molecule has 0 fully saturated rings. The number of nitrogens with zero attached hydrogens (tertiary/aromatic N) is 2. The highest BCUT2D eigenvalue weighted by Crippen LogP contribution is 2.20. The van der Waals surface area contributed by atoms with Crippen molar-refractivity contribution in [1.29, 1.82) is 0 Å². The van der Waals surface area contributed by atoms with Crippen LogP contribution < -0.4 is 4.74 Å². The third kappa shape index (κ3) is 7.00. The highest BCUT2D eigenvalue weighted by atomic mass is 16.6. The molecule has 0 saturated heterocycles. The molecule has 1 atom stereocenters. The second kappa shape index (κ2) is 11.3. The van der Waals surface area contributed by atoms with Crippen molar-refractivity contribution in [1.82, 2.24) is 9.97 Å². The van der Waals surface area contributed by atoms with Crippen molar-refractivity contribution in [3.05, 3.63) is 42.2 Å². The smallest absolute Gasteiger partial charge is 0.347 e. The molecular formula is C22H30N2O3. The average Bonchev–Trinajstić information content (AvgIpc) is 2.69. The number of unbranched alkanes of at least 4 members (excludes halogenated alkanes) is 4. The summed E-state index contributed by atoms with van der Waals surface area (Å²) in [7, 11) is 0. The van der Waals surface area contributed by atoms with Crippen LogP contribution >= 0.6 is 0 Å². The highest BCUT2D eigenvalue weighted by Gasteiger charge is 2.15. The van der Waals surface area contributed by atoms with Crippen LogP contribution in [0.3, 0.4) is 0 Å². The number of benzene rings is 1. The van der Waals surface area contributed by atoms with Crippen LogP contribution in [0.15, 0.2) is 36.7 Å². The Balaban J connectivity index is 1.88. The van der Waals surface area contributed by atoms with E-state index in [0.717, 1.165) is 12.0 Å². The lowest BCUT2D eigenvalue weighted by Crippen LogP contribution is -2.25. The lowest BCUT2D eigenvalue weighted by molar-refractivity contribution is -0.150. The number of carbonyl (C=O) groups is 1. The molecule has 1 heterocycles. The SMILES string of the molecule is CCCCCCCc1cnc(-c2ccc(OC(C)C(=O)OCC)cc2)nc1. The van der Waals surface area contributed by atoms with Gasteiger partial charge in [0.05, 0.1) is 6.61 Å². The summed E-state index contributed by atoms with van der Waals surface area (Å²) in [5.41, 5.74) is 2.10. The third-order valence-electron chi connectivity index (χ3n) is 4.32. The highest BCUT2D eigenvalue weighted by molar-refractivity contribution is 5.74. The van der Waals surface area contributed by atoms with Crippen LogP contribution in [0.4, 0.5) is 0 Å². The van der Waals surface area contributed by atoms with Gasteiger partial charge in [-0.1, -0.05) is 32.6 Å². The molecule has 27 heavy (non-hydrogen) atoms. The fraction of sp³-hybridized carbons (Fsp3) is 0.500. The van der Waals surface area contributed by atoms with E-state index in [0.29, 0.717) is 18.2 Å². The van der Waals surface area contributed by atoms with Crippen molar-refractivity contribution in [2.45, 2.75) is 65.4 Å². The second-order valence-electron chi connectivity index (χ2n) is 6.62. The standard InChI is InChI=1S/C22H30N2O3/c1-4-6-7-8-9-10-18-15-23-21(24-16-18)19-11-13-20(14-12-19)27-17(3)22(25)26-5-2/h11-17H,4-10H2,1-3H3. The van der Waals surface area contributed by atoms with Gasteiger partial charge in [-0.3, -0.25) is 0 Å². The first-order valence-corrected chi connectivity index (χ1v) is 9.88. The van der Waals surface area contributed by atoms with Gasteiger partial charge in [-0.05, 0) is 56.5 Å². The maximum Gasteiger partial charge on any atom is 0.347 e. The lowest BCUT2D eigenvalue weighted by Gasteiger charge is -2.13. The predicted molar refractivity (Wildman–Crippen MR) is 107 cm³/mol. The quantitative estimate of drug-likeness (QED) is 0.412. The molecule has 0 bridgehead atoms. The number of aryl methyl sites for hydroxylation is 1. The number of hydrogen-bond acceptors (Lipinski definition) is 5. The molecule has 1 aromatic heterocycles. The average molecular weight is 370 g/mol. The molecule has 0 amide bonds. The summed E-state index contributed by atoms with van der Waals surface area (Å²) >= 11 is 0. The summed E-state index contributed by atoms with van der Waals surface area (Å²) in [5, 5.41) is 0. The van der Waals surface area contributed by atoms with E-state index in [-0.39, 0.29) is 5.97 Å². The van der Waals surface area contributed by atoms with E-state index in [1.54, 1.807) is 13.8 Å². The Morgan fingerprint density at radius 3 is 2.30 bits per heavy atom. The van der Waals surface area contributed by atoms with E-state index < -0.39 is 6.10 Å². The molecule has 0 N–H and O–H groups in total. The van der Waals surface area contributed by atoms with Gasteiger partial charge in [-0.2, -0.15) is 0 Å². The molecule has 1 unspecified atom stereocenters. The van der Waals surface area contributed by atoms with E-state index in [4.69, 9.17) is 9.47 Å². The molecule has 5 heteroatoms. The van der Waals surface area contributed by atoms with Gasteiger partial charge < -0.3 is 9.47 Å². The third-order valence-corrected chi connectivity index (χ3v) is 4.32. The number of rotatable bonds is 11. The largest absolute Gasteiger partial charge is 0.479 e. The summed E-state index contributed by atoms with van der Waals surface area (Å²) in [6.07, 6.45) is 10.6. The molecule has 0 spiro atoms. The summed E-state index contributed by atoms with van der Waals surface area (Å²) < 4.78 is 10.5. The molecule has 0 aliphatic carbocycles. The molecule has 0 aliphatic rings. The minimum atomic E-state index is -0.636. The van der Waals surface area contributed by atoms with Crippen LogP contribution in [0.2, 0.25) is 0 Å². The number of aromatic nitrogens is 2. The van der Waals surface area contributed by atoms with E-state index in [1.807, 2.05) is 36.7 Å². The molecule has 146 valence electrons. The topological polar surface area (TPSA) is 61.3 Å². The molecular weight excluding hydrogens is 340 g/mol. The molecule has 2 rings (SSSR count). The van der Waals surface area contributed by atoms with Gasteiger partial charge in [0.25, 0.3) is 0 Å². The van der Waals surface area contributed by atoms with Gasteiger partial charge >= 0.3 is 5.97 Å². The van der Waals surface area contributed by atoms with E-state index in [2.05, 4.69) is 16.9 Å². The van der Waals surface area contributed by atoms with Crippen molar-refractivity contribution in [3.8, 4) is 17.1 Å². The van der Waals surface area contributed by atoms with Crippen LogP contribution in [0.5, 0.6) is 5.75 Å². The van der Waals surface area contributed by atoms with Crippen LogP contribution in [0, 0.1) is 0 Å². The first kappa shape index (κ1) is 20.9. The summed E-state index contributed by atoms with van der Waals surface area (Å²) in [4.78, 5) is 20.6. The van der Waals surface area contributed by atoms with Crippen molar-refractivity contribution >= 4 is 5.97 Å². The first-order chi connectivity index (χ1) is 13.1. The van der Waals surface area contributed by atoms with Gasteiger partial charge in [-0.15, -0.1) is 0 Å². The normalized spacial score (nSPS) is 11.8. The van der Waals surface area contributed by atoms with E-state index in [9.17, 15) is 4.79 Å². The molecule has 1 aromatic carbocycles. The number of carbonyl (C=O) groups excluding carboxylic acids is 1. The van der Waals surface area contributed by atoms with Gasteiger partial charge in [-0.25, -0.2) is 14.8 Å². The van der Waals surface area contributed by atoms with Gasteiger partial charge in [0.2, 0.25) is 0 Å². The Morgan fingerprint density at radius 1 is 1.00 bits per heavy atom. The Labute approximate surface area is 162 Å². The van der Waals surface area contributed by atoms with Crippen molar-refractivity contribution in [2.24, 2.45) is 0 Å². The predicted octanol–water partition coefficient (Wildman–Crippen LogP) is 4.99. The van der Waals surface area contributed by atoms with Gasteiger partial charge in [0, 0.05) is 18.0 Å². The van der Waals surface area contributed by atoms with Crippen LogP contribution in [-0.2, 0) is 16.0 Å². The Bertz CT molecular complexity index is 684. The number of hydrogen-bond donors (Lipinski definition) is 0. The lowest BCUT2D eigenvalue weighted by atomic mass is 10.1. The first-order valence-electron chi connectivity index (χ1n) is 9.88. The minimum Gasteiger partial charge on any atom is -0.479 e. The van der Waals surface area contributed by atoms with Crippen LogP contribution in [-0.4, -0.2) is 28.6 Å². The van der Waals surface area contributed by atoms with Gasteiger partial charge in [0.1, 0.15) is 5.75 Å². The fourth-order valence-corrected chi connectivity index (χ4v) is 2.76. The van der Waals surface area contributed by atoms with E-state index in [1.165, 1.54) is 37.7 Å². The van der Waals surface area contributed by atoms with Crippen LogP contribution in [0.1, 0.15) is 58.4 Å². The monoisotopic (exact) mass is 370 g/mol. The zero-order chi connectivity index (χ0) is 19.5. The molecule has 0 saturated carbocycles. The van der Waals surface area contributed by atoms with Crippen molar-refractivity contribution in [2.75, 3.05) is 6.61 Å². The minimum absolute atomic E-state index is 0.345. The fourth-order valence-electron chi connectivity index (χ4n) is 2.76. The maximum absolute atomic E-state index is 11.6. The number of esters is 1. The summed E-state index contributed by atoms with van der Waals surface area (Å²) in [6.45, 7) is 6.02.